The average Bonchev–Trinajstić information content (AvgIpc) is 3.46. The summed E-state index contributed by atoms with van der Waals surface area (Å²) in [5.41, 5.74) is 2.58. The zero-order valence-corrected chi connectivity index (χ0v) is 19.0. The van der Waals surface area contributed by atoms with Gasteiger partial charge in [0.2, 0.25) is 0 Å². The largest absolute Gasteiger partial charge is 0.497 e. The molecule has 4 rings (SSSR count). The molecule has 6 nitrogen and oxygen atoms in total. The molecule has 2 heterocycles. The molecule has 0 saturated carbocycles. The number of hydrogen-bond donors (Lipinski definition) is 0. The Labute approximate surface area is 188 Å². The lowest BCUT2D eigenvalue weighted by Gasteiger charge is -2.11. The zero-order chi connectivity index (χ0) is 21.8. The van der Waals surface area contributed by atoms with E-state index in [-0.39, 0.29) is 11.5 Å². The molecular formula is C23H21N3O3S2. The summed E-state index contributed by atoms with van der Waals surface area (Å²) in [6.45, 7) is 2.05. The van der Waals surface area contributed by atoms with E-state index in [1.54, 1.807) is 43.8 Å². The molecule has 0 radical (unpaired) electrons. The van der Waals surface area contributed by atoms with Crippen molar-refractivity contribution >= 4 is 28.9 Å². The van der Waals surface area contributed by atoms with Crippen molar-refractivity contribution in [3.63, 3.8) is 0 Å². The SMILES string of the molecule is COc1ccc(OC)c(C(=O)CSc2nnc(-c3cccs3)n2-c2cccc(C)c2)c1. The second-order valence-electron chi connectivity index (χ2n) is 6.74. The van der Waals surface area contributed by atoms with Crippen LogP contribution in [-0.4, -0.2) is 40.5 Å². The predicted octanol–water partition coefficient (Wildman–Crippen LogP) is 5.30. The number of methoxy groups -OCH3 is 2. The van der Waals surface area contributed by atoms with E-state index in [4.69, 9.17) is 9.47 Å². The number of thioether (sulfide) groups is 1. The van der Waals surface area contributed by atoms with Crippen molar-refractivity contribution in [3.8, 4) is 27.9 Å². The summed E-state index contributed by atoms with van der Waals surface area (Å²) in [5, 5.41) is 11.5. The van der Waals surface area contributed by atoms with Crippen LogP contribution in [0.25, 0.3) is 16.4 Å². The summed E-state index contributed by atoms with van der Waals surface area (Å²) in [5.74, 6) is 2.01. The maximum absolute atomic E-state index is 13.0. The van der Waals surface area contributed by atoms with E-state index in [9.17, 15) is 4.79 Å². The van der Waals surface area contributed by atoms with Gasteiger partial charge in [0.05, 0.1) is 36.1 Å². The van der Waals surface area contributed by atoms with Gasteiger partial charge in [0.15, 0.2) is 16.8 Å². The van der Waals surface area contributed by atoms with Crippen LogP contribution >= 0.6 is 23.1 Å². The van der Waals surface area contributed by atoms with Gasteiger partial charge in [0.1, 0.15) is 11.5 Å². The number of carbonyl (C=O) groups is 1. The zero-order valence-electron chi connectivity index (χ0n) is 17.4. The first-order valence-corrected chi connectivity index (χ1v) is 11.4. The Morgan fingerprint density at radius 2 is 1.94 bits per heavy atom. The van der Waals surface area contributed by atoms with Crippen LogP contribution < -0.4 is 9.47 Å². The molecule has 0 spiro atoms. The highest BCUT2D eigenvalue weighted by molar-refractivity contribution is 7.99. The first-order valence-electron chi connectivity index (χ1n) is 9.55. The van der Waals surface area contributed by atoms with E-state index in [1.165, 1.54) is 11.8 Å². The van der Waals surface area contributed by atoms with Crippen LogP contribution in [0.2, 0.25) is 0 Å². The van der Waals surface area contributed by atoms with Crippen molar-refractivity contribution in [1.29, 1.82) is 0 Å². The van der Waals surface area contributed by atoms with Gasteiger partial charge < -0.3 is 9.47 Å². The topological polar surface area (TPSA) is 66.2 Å². The smallest absolute Gasteiger partial charge is 0.196 e. The third kappa shape index (κ3) is 4.50. The Balaban J connectivity index is 1.66. The van der Waals surface area contributed by atoms with E-state index in [0.717, 1.165) is 22.0 Å². The molecule has 0 bridgehead atoms. The maximum atomic E-state index is 13.0. The maximum Gasteiger partial charge on any atom is 0.196 e. The summed E-state index contributed by atoms with van der Waals surface area (Å²) in [4.78, 5) is 14.0. The molecule has 0 fully saturated rings. The minimum atomic E-state index is -0.0720. The van der Waals surface area contributed by atoms with Crippen molar-refractivity contribution in [2.24, 2.45) is 0 Å². The van der Waals surface area contributed by atoms with Crippen LogP contribution in [-0.2, 0) is 0 Å². The quantitative estimate of drug-likeness (QED) is 0.268. The molecular weight excluding hydrogens is 430 g/mol. The second-order valence-corrected chi connectivity index (χ2v) is 8.63. The van der Waals surface area contributed by atoms with Crippen LogP contribution in [0.15, 0.2) is 65.1 Å². The molecule has 8 heteroatoms. The van der Waals surface area contributed by atoms with Crippen molar-refractivity contribution in [1.82, 2.24) is 14.8 Å². The predicted molar refractivity (Wildman–Crippen MR) is 124 cm³/mol. The van der Waals surface area contributed by atoms with Gasteiger partial charge in [-0.05, 0) is 54.3 Å². The number of ether oxygens (including phenoxy) is 2. The van der Waals surface area contributed by atoms with Gasteiger partial charge >= 0.3 is 0 Å². The minimum Gasteiger partial charge on any atom is -0.497 e. The molecule has 0 unspecified atom stereocenters. The van der Waals surface area contributed by atoms with Gasteiger partial charge in [-0.1, -0.05) is 30.0 Å². The van der Waals surface area contributed by atoms with Gasteiger partial charge in [-0.3, -0.25) is 9.36 Å². The van der Waals surface area contributed by atoms with E-state index in [2.05, 4.69) is 16.3 Å². The third-order valence-electron chi connectivity index (χ3n) is 4.67. The molecule has 0 aliphatic heterocycles. The molecule has 0 atom stereocenters. The lowest BCUT2D eigenvalue weighted by atomic mass is 10.1. The normalized spacial score (nSPS) is 10.8. The standard InChI is InChI=1S/C23H21N3O3S2/c1-15-6-4-7-16(12-15)26-22(21-8-5-11-30-21)24-25-23(26)31-14-19(27)18-13-17(28-2)9-10-20(18)29-3/h4-13H,14H2,1-3H3. The number of thiophene rings is 1. The average molecular weight is 452 g/mol. The highest BCUT2D eigenvalue weighted by atomic mass is 32.2. The molecule has 0 saturated heterocycles. The number of Topliss-reactive ketones (excluding diaryl/α,β-unsaturated/α-hetero) is 1. The lowest BCUT2D eigenvalue weighted by molar-refractivity contribution is 0.101. The second kappa shape index (κ2) is 9.36. The molecule has 0 aliphatic rings. The van der Waals surface area contributed by atoms with Crippen molar-refractivity contribution in [2.45, 2.75) is 12.1 Å². The van der Waals surface area contributed by atoms with Gasteiger partial charge in [0, 0.05) is 0 Å². The third-order valence-corrected chi connectivity index (χ3v) is 6.47. The number of aromatic nitrogens is 3. The van der Waals surface area contributed by atoms with Crippen LogP contribution in [0, 0.1) is 6.92 Å². The number of nitrogens with zero attached hydrogens (tertiary/aromatic N) is 3. The van der Waals surface area contributed by atoms with Gasteiger partial charge in [-0.25, -0.2) is 0 Å². The van der Waals surface area contributed by atoms with E-state index in [0.29, 0.717) is 22.2 Å². The highest BCUT2D eigenvalue weighted by Crippen LogP contribution is 2.32. The Morgan fingerprint density at radius 3 is 2.65 bits per heavy atom. The number of hydrogen-bond acceptors (Lipinski definition) is 7. The number of rotatable bonds is 8. The number of benzene rings is 2. The lowest BCUT2D eigenvalue weighted by Crippen LogP contribution is -2.07. The summed E-state index contributed by atoms with van der Waals surface area (Å²) >= 11 is 2.95. The molecule has 2 aromatic heterocycles. The number of ketones is 1. The van der Waals surface area contributed by atoms with Gasteiger partial charge in [-0.15, -0.1) is 21.5 Å². The summed E-state index contributed by atoms with van der Waals surface area (Å²) in [7, 11) is 3.12. The number of aryl methyl sites for hydroxylation is 1. The van der Waals surface area contributed by atoms with Crippen molar-refractivity contribution in [2.75, 3.05) is 20.0 Å². The highest BCUT2D eigenvalue weighted by Gasteiger charge is 2.20. The fourth-order valence-corrected chi connectivity index (χ4v) is 4.70. The van der Waals surface area contributed by atoms with Crippen LogP contribution in [0.4, 0.5) is 0 Å². The summed E-state index contributed by atoms with van der Waals surface area (Å²) in [6, 6.07) is 17.4. The first kappa shape index (κ1) is 21.1. The Bertz CT molecular complexity index is 1200. The van der Waals surface area contributed by atoms with Crippen LogP contribution in [0.1, 0.15) is 15.9 Å². The monoisotopic (exact) mass is 451 g/mol. The van der Waals surface area contributed by atoms with Gasteiger partial charge in [0.25, 0.3) is 0 Å². The van der Waals surface area contributed by atoms with E-state index >= 15 is 0 Å². The van der Waals surface area contributed by atoms with E-state index < -0.39 is 0 Å². The van der Waals surface area contributed by atoms with Crippen LogP contribution in [0.5, 0.6) is 11.5 Å². The van der Waals surface area contributed by atoms with Crippen molar-refractivity contribution in [3.05, 3.63) is 71.1 Å². The van der Waals surface area contributed by atoms with Crippen LogP contribution in [0.3, 0.4) is 0 Å². The summed E-state index contributed by atoms with van der Waals surface area (Å²) in [6.07, 6.45) is 0. The van der Waals surface area contributed by atoms with E-state index in [1.807, 2.05) is 47.2 Å². The molecule has 0 aliphatic carbocycles. The molecule has 4 aromatic rings. The minimum absolute atomic E-state index is 0.0720. The Morgan fingerprint density at radius 1 is 1.06 bits per heavy atom. The Kier molecular flexibility index (Phi) is 6.39. The van der Waals surface area contributed by atoms with Crippen molar-refractivity contribution < 1.29 is 14.3 Å². The summed E-state index contributed by atoms with van der Waals surface area (Å²) < 4.78 is 12.6. The molecule has 31 heavy (non-hydrogen) atoms. The Hall–Kier alpha value is -3.10. The molecule has 158 valence electrons. The fraction of sp³-hybridized carbons (Fsp3) is 0.174. The molecule has 2 aromatic carbocycles. The molecule has 0 amide bonds. The molecule has 0 N–H and O–H groups in total. The van der Waals surface area contributed by atoms with Gasteiger partial charge in [-0.2, -0.15) is 0 Å². The fourth-order valence-electron chi connectivity index (χ4n) is 3.17. The first-order chi connectivity index (χ1) is 15.1. The number of carbonyl (C=O) groups excluding carboxylic acids is 1.